The van der Waals surface area contributed by atoms with Crippen LogP contribution in [0.15, 0.2) is 60.8 Å². The second kappa shape index (κ2) is 7.53. The van der Waals surface area contributed by atoms with Crippen molar-refractivity contribution in [3.05, 3.63) is 71.9 Å². The van der Waals surface area contributed by atoms with Gasteiger partial charge in [0, 0.05) is 18.2 Å². The van der Waals surface area contributed by atoms with Crippen LogP contribution in [0.1, 0.15) is 22.0 Å². The number of nitrogens with zero attached hydrogens (tertiary/aromatic N) is 3. The fourth-order valence-corrected chi connectivity index (χ4v) is 2.84. The van der Waals surface area contributed by atoms with Crippen LogP contribution in [0.4, 0.5) is 0 Å². The van der Waals surface area contributed by atoms with E-state index in [4.69, 9.17) is 4.74 Å². The number of nitriles is 1. The number of methoxy groups -OCH3 is 1. The maximum absolute atomic E-state index is 12.8. The number of hydrogen-bond acceptors (Lipinski definition) is 4. The number of amides is 1. The molecule has 1 amide bonds. The van der Waals surface area contributed by atoms with E-state index in [2.05, 4.69) is 16.5 Å². The second-order valence-electron chi connectivity index (χ2n) is 5.67. The molecule has 0 saturated carbocycles. The number of nitrogens with one attached hydrogen (secondary N) is 1. The molecule has 0 saturated heterocycles. The molecule has 2 aromatic carbocycles. The molecule has 0 unspecified atom stereocenters. The van der Waals surface area contributed by atoms with Gasteiger partial charge < -0.3 is 10.1 Å². The minimum Gasteiger partial charge on any atom is -0.496 e. The fourth-order valence-electron chi connectivity index (χ4n) is 2.84. The molecule has 0 aliphatic rings. The van der Waals surface area contributed by atoms with Gasteiger partial charge in [0.1, 0.15) is 11.8 Å². The van der Waals surface area contributed by atoms with Crippen molar-refractivity contribution >= 4 is 5.91 Å². The Hall–Kier alpha value is -3.59. The minimum absolute atomic E-state index is 0.366. The van der Waals surface area contributed by atoms with Crippen molar-refractivity contribution < 1.29 is 9.53 Å². The third-order valence-corrected chi connectivity index (χ3v) is 4.09. The smallest absolute Gasteiger partial charge is 0.256 e. The summed E-state index contributed by atoms with van der Waals surface area (Å²) < 4.78 is 6.94. The molecule has 6 heteroatoms. The van der Waals surface area contributed by atoms with Crippen LogP contribution in [0, 0.1) is 11.3 Å². The molecular formula is C20H18N4O2. The monoisotopic (exact) mass is 346 g/mol. The summed E-state index contributed by atoms with van der Waals surface area (Å²) in [7, 11) is 3.31. The molecule has 1 N–H and O–H groups in total. The average molecular weight is 346 g/mol. The number of para-hydroxylation sites is 1. The predicted molar refractivity (Wildman–Crippen MR) is 97.5 cm³/mol. The molecule has 3 rings (SSSR count). The molecule has 26 heavy (non-hydrogen) atoms. The Bertz CT molecular complexity index is 957. The van der Waals surface area contributed by atoms with E-state index in [0.29, 0.717) is 22.6 Å². The zero-order valence-corrected chi connectivity index (χ0v) is 14.5. The van der Waals surface area contributed by atoms with E-state index in [1.54, 1.807) is 29.9 Å². The van der Waals surface area contributed by atoms with Gasteiger partial charge in [0.15, 0.2) is 0 Å². The zero-order valence-electron chi connectivity index (χ0n) is 14.5. The molecule has 0 spiro atoms. The molecule has 0 radical (unpaired) electrons. The maximum Gasteiger partial charge on any atom is 0.256 e. The first-order valence-corrected chi connectivity index (χ1v) is 8.06. The average Bonchev–Trinajstić information content (AvgIpc) is 3.08. The van der Waals surface area contributed by atoms with Crippen LogP contribution in [0.25, 0.3) is 11.3 Å². The number of benzene rings is 2. The summed E-state index contributed by atoms with van der Waals surface area (Å²) in [4.78, 5) is 12.8. The number of carbonyl (C=O) groups excluding carboxylic acids is 1. The van der Waals surface area contributed by atoms with Crippen molar-refractivity contribution in [2.24, 2.45) is 7.05 Å². The van der Waals surface area contributed by atoms with Crippen molar-refractivity contribution in [3.63, 3.8) is 0 Å². The van der Waals surface area contributed by atoms with Crippen molar-refractivity contribution in [1.82, 2.24) is 15.1 Å². The van der Waals surface area contributed by atoms with Crippen LogP contribution in [-0.4, -0.2) is 22.8 Å². The van der Waals surface area contributed by atoms with Gasteiger partial charge in [0.05, 0.1) is 30.6 Å². The minimum atomic E-state index is -0.831. The van der Waals surface area contributed by atoms with E-state index in [0.717, 1.165) is 5.56 Å². The molecule has 130 valence electrons. The third kappa shape index (κ3) is 3.28. The highest BCUT2D eigenvalue weighted by molar-refractivity contribution is 6.00. The van der Waals surface area contributed by atoms with Crippen LogP contribution in [0.3, 0.4) is 0 Å². The van der Waals surface area contributed by atoms with Gasteiger partial charge in [-0.3, -0.25) is 9.48 Å². The molecule has 1 heterocycles. The lowest BCUT2D eigenvalue weighted by Gasteiger charge is -2.15. The SMILES string of the molecule is COc1ccccc1[C@@H](C#N)NC(=O)c1cnn(C)c1-c1ccccc1. The lowest BCUT2D eigenvalue weighted by Crippen LogP contribution is -2.28. The van der Waals surface area contributed by atoms with Gasteiger partial charge in [-0.15, -0.1) is 0 Å². The Labute approximate surface area is 151 Å². The molecule has 6 nitrogen and oxygen atoms in total. The maximum atomic E-state index is 12.8. The van der Waals surface area contributed by atoms with E-state index in [1.807, 2.05) is 36.4 Å². The molecule has 1 atom stereocenters. The van der Waals surface area contributed by atoms with Crippen LogP contribution in [0.2, 0.25) is 0 Å². The molecule has 0 bridgehead atoms. The van der Waals surface area contributed by atoms with Crippen molar-refractivity contribution in [2.75, 3.05) is 7.11 Å². The van der Waals surface area contributed by atoms with Crippen LogP contribution < -0.4 is 10.1 Å². The molecule has 1 aromatic heterocycles. The zero-order chi connectivity index (χ0) is 18.5. The van der Waals surface area contributed by atoms with Gasteiger partial charge in [-0.1, -0.05) is 48.5 Å². The third-order valence-electron chi connectivity index (χ3n) is 4.09. The van der Waals surface area contributed by atoms with Gasteiger partial charge >= 0.3 is 0 Å². The Morgan fingerprint density at radius 2 is 1.88 bits per heavy atom. The van der Waals surface area contributed by atoms with E-state index in [9.17, 15) is 10.1 Å². The first-order valence-electron chi connectivity index (χ1n) is 8.06. The normalized spacial score (nSPS) is 11.4. The summed E-state index contributed by atoms with van der Waals surface area (Å²) in [6, 6.07) is 17.9. The molecule has 0 aliphatic carbocycles. The fraction of sp³-hybridized carbons (Fsp3) is 0.150. The van der Waals surface area contributed by atoms with E-state index < -0.39 is 6.04 Å². The standard InChI is InChI=1S/C20H18N4O2/c1-24-19(14-8-4-3-5-9-14)16(13-22-24)20(25)23-17(12-21)15-10-6-7-11-18(15)26-2/h3-11,13,17H,1-2H3,(H,23,25)/t17-/m1/s1. The first-order chi connectivity index (χ1) is 12.7. The summed E-state index contributed by atoms with van der Waals surface area (Å²) in [6.45, 7) is 0. The topological polar surface area (TPSA) is 79.9 Å². The van der Waals surface area contributed by atoms with Gasteiger partial charge in [-0.25, -0.2) is 0 Å². The number of aryl methyl sites for hydroxylation is 1. The van der Waals surface area contributed by atoms with E-state index in [-0.39, 0.29) is 5.91 Å². The van der Waals surface area contributed by atoms with Gasteiger partial charge in [-0.2, -0.15) is 10.4 Å². The summed E-state index contributed by atoms with van der Waals surface area (Å²) in [6.07, 6.45) is 1.51. The van der Waals surface area contributed by atoms with Crippen LogP contribution in [0.5, 0.6) is 5.75 Å². The molecule has 3 aromatic rings. The van der Waals surface area contributed by atoms with Gasteiger partial charge in [0.2, 0.25) is 0 Å². The lowest BCUT2D eigenvalue weighted by molar-refractivity contribution is 0.0945. The van der Waals surface area contributed by atoms with Crippen LogP contribution in [-0.2, 0) is 7.05 Å². The quantitative estimate of drug-likeness (QED) is 0.770. The number of ether oxygens (including phenoxy) is 1. The summed E-state index contributed by atoms with van der Waals surface area (Å²) in [5.74, 6) is 0.184. The Morgan fingerprint density at radius 3 is 2.58 bits per heavy atom. The van der Waals surface area contributed by atoms with Gasteiger partial charge in [0.25, 0.3) is 5.91 Å². The number of aromatic nitrogens is 2. The molecule has 0 aliphatic heterocycles. The van der Waals surface area contributed by atoms with Crippen LogP contribution >= 0.6 is 0 Å². The predicted octanol–water partition coefficient (Wildman–Crippen LogP) is 3.09. The number of hydrogen-bond donors (Lipinski definition) is 1. The largest absolute Gasteiger partial charge is 0.496 e. The van der Waals surface area contributed by atoms with Gasteiger partial charge in [-0.05, 0) is 6.07 Å². The Balaban J connectivity index is 1.92. The summed E-state index contributed by atoms with van der Waals surface area (Å²) in [5.41, 5.74) is 2.59. The molecular weight excluding hydrogens is 328 g/mol. The first kappa shape index (κ1) is 17.2. The van der Waals surface area contributed by atoms with E-state index >= 15 is 0 Å². The molecule has 0 fully saturated rings. The van der Waals surface area contributed by atoms with Crippen molar-refractivity contribution in [3.8, 4) is 23.1 Å². The van der Waals surface area contributed by atoms with Crippen molar-refractivity contribution in [1.29, 1.82) is 5.26 Å². The Morgan fingerprint density at radius 1 is 1.19 bits per heavy atom. The van der Waals surface area contributed by atoms with Crippen molar-refractivity contribution in [2.45, 2.75) is 6.04 Å². The highest BCUT2D eigenvalue weighted by Gasteiger charge is 2.22. The van der Waals surface area contributed by atoms with E-state index in [1.165, 1.54) is 13.3 Å². The summed E-state index contributed by atoms with van der Waals surface area (Å²) >= 11 is 0. The number of carbonyl (C=O) groups is 1. The lowest BCUT2D eigenvalue weighted by atomic mass is 10.0. The summed E-state index contributed by atoms with van der Waals surface area (Å²) in [5, 5.41) is 16.5. The highest BCUT2D eigenvalue weighted by Crippen LogP contribution is 2.26. The second-order valence-corrected chi connectivity index (χ2v) is 5.67. The number of rotatable bonds is 5. The Kier molecular flexibility index (Phi) is 4.99. The highest BCUT2D eigenvalue weighted by atomic mass is 16.5.